The molecule has 2 saturated heterocycles. The number of hydrogen-bond donors (Lipinski definition) is 4. The number of nitrogens with zero attached hydrogens (tertiary/aromatic N) is 4. The maximum Gasteiger partial charge on any atom is 0.407 e. The standard InChI is InChI=1S/C46H54N8O6/c1-23(49-45(57)59-3)43(55)53-17-5-7-35(53)41-47-21-33(51-41)31-15-13-29(37-25-9-11-27(19-25)39(31)37)30-14-16-32(40-28-12-10-26(20-28)38(30)40)34-22-48-42(52-34)36-8-6-18-54(36)44(56)24(2)50-46(58)60-4/h13-16,21-28,35-36H,5-12,17-20H2,1-4H3,(H,47,51)(H,48,52)(H,49,57)(H,50,58). The van der Waals surface area contributed by atoms with Gasteiger partial charge in [0.2, 0.25) is 11.8 Å². The second-order valence-corrected chi connectivity index (χ2v) is 17.8. The quantitative estimate of drug-likeness (QED) is 0.133. The summed E-state index contributed by atoms with van der Waals surface area (Å²) in [6.45, 7) is 4.61. The maximum absolute atomic E-state index is 13.4. The van der Waals surface area contributed by atoms with Crippen LogP contribution in [0.1, 0.15) is 148 Å². The van der Waals surface area contributed by atoms with Crippen LogP contribution in [0.5, 0.6) is 0 Å². The van der Waals surface area contributed by atoms with E-state index in [1.54, 1.807) is 13.8 Å². The Hall–Kier alpha value is -5.66. The van der Waals surface area contributed by atoms with Gasteiger partial charge in [-0.2, -0.15) is 0 Å². The lowest BCUT2D eigenvalue weighted by molar-refractivity contribution is -0.134. The van der Waals surface area contributed by atoms with Gasteiger partial charge in [-0.3, -0.25) is 9.59 Å². The zero-order valence-electron chi connectivity index (χ0n) is 34.8. The van der Waals surface area contributed by atoms with Crippen LogP contribution in [0.25, 0.3) is 33.6 Å². The number of rotatable bonds is 9. The molecule has 14 nitrogen and oxygen atoms in total. The second-order valence-electron chi connectivity index (χ2n) is 17.8. The maximum atomic E-state index is 13.4. The van der Waals surface area contributed by atoms with Crippen LogP contribution in [-0.2, 0) is 19.1 Å². The van der Waals surface area contributed by atoms with E-state index in [0.717, 1.165) is 48.7 Å². The van der Waals surface area contributed by atoms with E-state index < -0.39 is 24.3 Å². The molecule has 4 N–H and O–H groups in total. The van der Waals surface area contributed by atoms with E-state index in [9.17, 15) is 19.2 Å². The van der Waals surface area contributed by atoms with Gasteiger partial charge in [-0.1, -0.05) is 24.3 Å². The number of hydrogen-bond acceptors (Lipinski definition) is 8. The first-order valence-electron chi connectivity index (χ1n) is 21.9. The topological polar surface area (TPSA) is 175 Å². The van der Waals surface area contributed by atoms with Gasteiger partial charge in [-0.05, 0) is 135 Å². The minimum Gasteiger partial charge on any atom is -0.453 e. The number of H-pyrrole nitrogens is 2. The molecule has 2 aliphatic heterocycles. The van der Waals surface area contributed by atoms with Crippen LogP contribution in [0, 0.1) is 0 Å². The number of aromatic nitrogens is 4. The molecule has 2 aromatic carbocycles. The third-order valence-electron chi connectivity index (χ3n) is 14.6. The van der Waals surface area contributed by atoms with Crippen molar-refractivity contribution >= 4 is 24.0 Å². The predicted octanol–water partition coefficient (Wildman–Crippen LogP) is 7.68. The van der Waals surface area contributed by atoms with Gasteiger partial charge in [0, 0.05) is 24.2 Å². The fourth-order valence-electron chi connectivity index (χ4n) is 12.0. The molecule has 8 atom stereocenters. The zero-order chi connectivity index (χ0) is 41.4. The Morgan fingerprint density at radius 2 is 0.967 bits per heavy atom. The van der Waals surface area contributed by atoms with Gasteiger partial charge in [0.05, 0.1) is 50.1 Å². The Balaban J connectivity index is 0.960. The van der Waals surface area contributed by atoms with Gasteiger partial charge in [-0.25, -0.2) is 19.6 Å². The largest absolute Gasteiger partial charge is 0.453 e. The first-order valence-corrected chi connectivity index (χ1v) is 21.9. The lowest BCUT2D eigenvalue weighted by Gasteiger charge is -2.27. The van der Waals surface area contributed by atoms with Crippen LogP contribution in [0.15, 0.2) is 36.7 Å². The Morgan fingerprint density at radius 3 is 1.35 bits per heavy atom. The van der Waals surface area contributed by atoms with Gasteiger partial charge in [0.15, 0.2) is 0 Å². The Kier molecular flexibility index (Phi) is 9.70. The van der Waals surface area contributed by atoms with E-state index in [4.69, 9.17) is 19.4 Å². The summed E-state index contributed by atoms with van der Waals surface area (Å²) in [4.78, 5) is 71.3. The Morgan fingerprint density at radius 1 is 0.600 bits per heavy atom. The van der Waals surface area contributed by atoms with Crippen LogP contribution in [0.4, 0.5) is 9.59 Å². The van der Waals surface area contributed by atoms with Crippen molar-refractivity contribution in [1.82, 2.24) is 40.4 Å². The smallest absolute Gasteiger partial charge is 0.407 e. The SMILES string of the molecule is COC(=O)NC(C)C(=O)N1CCCC1c1ncc(-c2ccc(-c3ccc(-c4cnc(C5CCCN5C(=O)C(C)NC(=O)OC)[nH]4)c4c3C3CCC4C3)c3c2C2CCC3C2)[nH]1. The van der Waals surface area contributed by atoms with E-state index in [-0.39, 0.29) is 23.9 Å². The monoisotopic (exact) mass is 814 g/mol. The van der Waals surface area contributed by atoms with E-state index >= 15 is 0 Å². The number of fused-ring (bicyclic) bond motifs is 10. The number of imidazole rings is 2. The molecule has 0 radical (unpaired) electrons. The summed E-state index contributed by atoms with van der Waals surface area (Å²) in [5.41, 5.74) is 13.1. The molecule has 4 fully saturated rings. The van der Waals surface area contributed by atoms with Gasteiger partial charge >= 0.3 is 12.2 Å². The molecule has 14 heteroatoms. The number of ether oxygens (including phenoxy) is 2. The molecule has 10 rings (SSSR count). The molecular formula is C46H54N8O6. The van der Waals surface area contributed by atoms with Crippen LogP contribution >= 0.6 is 0 Å². The molecule has 4 amide bonds. The van der Waals surface area contributed by atoms with Crippen molar-refractivity contribution in [3.63, 3.8) is 0 Å². The van der Waals surface area contributed by atoms with Crippen LogP contribution in [0.2, 0.25) is 0 Å². The molecule has 6 aliphatic rings. The lowest BCUT2D eigenvalue weighted by Crippen LogP contribution is -2.46. The minimum absolute atomic E-state index is 0.142. The van der Waals surface area contributed by atoms with Crippen molar-refractivity contribution in [3.8, 4) is 33.6 Å². The molecule has 2 saturated carbocycles. The number of carbonyl (C=O) groups excluding carboxylic acids is 4. The first-order chi connectivity index (χ1) is 29.1. The average Bonchev–Trinajstić information content (AvgIpc) is 4.12. The van der Waals surface area contributed by atoms with Crippen LogP contribution in [0.3, 0.4) is 0 Å². The number of alkyl carbamates (subject to hydrolysis) is 2. The van der Waals surface area contributed by atoms with Crippen molar-refractivity contribution in [2.75, 3.05) is 27.3 Å². The highest BCUT2D eigenvalue weighted by Gasteiger charge is 2.45. The van der Waals surface area contributed by atoms with Crippen molar-refractivity contribution in [2.24, 2.45) is 0 Å². The molecule has 4 heterocycles. The van der Waals surface area contributed by atoms with Gasteiger partial charge < -0.3 is 39.9 Å². The van der Waals surface area contributed by atoms with Gasteiger partial charge in [0.1, 0.15) is 23.7 Å². The number of carbonyl (C=O) groups is 4. The highest BCUT2D eigenvalue weighted by atomic mass is 16.5. The predicted molar refractivity (Wildman–Crippen MR) is 223 cm³/mol. The number of likely N-dealkylation sites (tertiary alicyclic amines) is 2. The van der Waals surface area contributed by atoms with E-state index in [2.05, 4.69) is 44.9 Å². The fraction of sp³-hybridized carbons (Fsp3) is 0.522. The van der Waals surface area contributed by atoms with Gasteiger partial charge in [0.25, 0.3) is 0 Å². The van der Waals surface area contributed by atoms with Crippen molar-refractivity contribution < 1.29 is 28.7 Å². The summed E-state index contributed by atoms with van der Waals surface area (Å²) >= 11 is 0. The summed E-state index contributed by atoms with van der Waals surface area (Å²) in [5.74, 6) is 3.36. The molecule has 60 heavy (non-hydrogen) atoms. The molecule has 4 bridgehead atoms. The second kappa shape index (κ2) is 15.1. The van der Waals surface area contributed by atoms with E-state index in [1.807, 2.05) is 22.2 Å². The molecule has 4 aliphatic carbocycles. The van der Waals surface area contributed by atoms with Crippen molar-refractivity contribution in [3.05, 3.63) is 70.6 Å². The normalized spacial score (nSPS) is 25.6. The van der Waals surface area contributed by atoms with Crippen molar-refractivity contribution in [2.45, 2.75) is 126 Å². The van der Waals surface area contributed by atoms with Crippen molar-refractivity contribution in [1.29, 1.82) is 0 Å². The van der Waals surface area contributed by atoms with E-state index in [1.165, 1.54) is 97.3 Å². The third-order valence-corrected chi connectivity index (χ3v) is 14.6. The molecule has 4 aromatic rings. The molecule has 8 unspecified atom stereocenters. The number of methoxy groups -OCH3 is 2. The number of aromatic amines is 2. The third kappa shape index (κ3) is 6.27. The summed E-state index contributed by atoms with van der Waals surface area (Å²) in [6.07, 6.45) is 13.2. The lowest BCUT2D eigenvalue weighted by atomic mass is 9.78. The van der Waals surface area contributed by atoms with Crippen LogP contribution < -0.4 is 10.6 Å². The molecule has 0 spiro atoms. The highest BCUT2D eigenvalue weighted by Crippen LogP contribution is 2.62. The highest BCUT2D eigenvalue weighted by molar-refractivity contribution is 5.87. The van der Waals surface area contributed by atoms with Gasteiger partial charge in [-0.15, -0.1) is 0 Å². The zero-order valence-corrected chi connectivity index (χ0v) is 34.8. The van der Waals surface area contributed by atoms with E-state index in [0.29, 0.717) is 36.8 Å². The molecule has 314 valence electrons. The minimum atomic E-state index is -0.699. The summed E-state index contributed by atoms with van der Waals surface area (Å²) in [5, 5.41) is 5.24. The molecule has 2 aromatic heterocycles. The molecular weight excluding hydrogens is 761 g/mol. The summed E-state index contributed by atoms with van der Waals surface area (Å²) in [7, 11) is 2.59. The average molecular weight is 815 g/mol. The Bertz CT molecular complexity index is 2220. The Labute approximate surface area is 349 Å². The fourth-order valence-corrected chi connectivity index (χ4v) is 12.0. The number of amides is 4. The number of nitrogens with one attached hydrogen (secondary N) is 4. The van der Waals surface area contributed by atoms with Crippen LogP contribution in [-0.4, -0.2) is 93.1 Å². The first kappa shape index (κ1) is 38.5. The summed E-state index contributed by atoms with van der Waals surface area (Å²) < 4.78 is 9.45. The summed E-state index contributed by atoms with van der Waals surface area (Å²) in [6, 6.07) is 7.56. The number of benzene rings is 2.